The highest BCUT2D eigenvalue weighted by molar-refractivity contribution is 7.99. The summed E-state index contributed by atoms with van der Waals surface area (Å²) in [6, 6.07) is 14.0. The van der Waals surface area contributed by atoms with Gasteiger partial charge in [0.25, 0.3) is 5.69 Å². The van der Waals surface area contributed by atoms with Crippen molar-refractivity contribution in [3.63, 3.8) is 0 Å². The summed E-state index contributed by atoms with van der Waals surface area (Å²) in [4.78, 5) is 14.1. The second kappa shape index (κ2) is 10.4. The zero-order valence-corrected chi connectivity index (χ0v) is 16.8. The lowest BCUT2D eigenvalue weighted by molar-refractivity contribution is -0.384. The Hall–Kier alpha value is -1.94. The Morgan fingerprint density at radius 3 is 2.56 bits per heavy atom. The molecule has 0 aliphatic rings. The summed E-state index contributed by atoms with van der Waals surface area (Å²) in [6.07, 6.45) is 0.803. The summed E-state index contributed by atoms with van der Waals surface area (Å²) in [5.74, 6) is 0.739. The predicted molar refractivity (Wildman–Crippen MR) is 110 cm³/mol. The van der Waals surface area contributed by atoms with Crippen LogP contribution in [-0.2, 0) is 11.1 Å². The normalized spacial score (nSPS) is 13.3. The molecule has 0 amide bonds. The highest BCUT2D eigenvalue weighted by Crippen LogP contribution is 2.29. The van der Waals surface area contributed by atoms with Crippen LogP contribution in [0.2, 0.25) is 0 Å². The first kappa shape index (κ1) is 21.4. The molecule has 2 aromatic carbocycles. The monoisotopic (exact) mass is 409 g/mol. The SMILES string of the molecule is CN(C)CCC(CSc1ccccc1)Nc1ccc(S(=O)O)cc1[N+](=O)[O-]. The minimum absolute atomic E-state index is 0.00165. The lowest BCUT2D eigenvalue weighted by Crippen LogP contribution is -2.28. The van der Waals surface area contributed by atoms with Gasteiger partial charge < -0.3 is 14.8 Å². The Morgan fingerprint density at radius 1 is 1.26 bits per heavy atom. The third-order valence-corrected chi connectivity index (χ3v) is 5.68. The van der Waals surface area contributed by atoms with Gasteiger partial charge in [-0.3, -0.25) is 10.1 Å². The molecule has 0 fully saturated rings. The molecule has 2 unspecified atom stereocenters. The zero-order valence-electron chi connectivity index (χ0n) is 15.2. The maximum absolute atomic E-state index is 11.4. The molecular formula is C18H23N3O4S2. The molecule has 146 valence electrons. The summed E-state index contributed by atoms with van der Waals surface area (Å²) in [7, 11) is 3.96. The van der Waals surface area contributed by atoms with E-state index in [0.29, 0.717) is 5.69 Å². The number of anilines is 1. The maximum Gasteiger partial charge on any atom is 0.293 e. The Kier molecular flexibility index (Phi) is 8.23. The van der Waals surface area contributed by atoms with Gasteiger partial charge in [-0.05, 0) is 51.3 Å². The van der Waals surface area contributed by atoms with Gasteiger partial charge in [0.05, 0.1) is 9.82 Å². The number of benzene rings is 2. The Balaban J connectivity index is 2.17. The van der Waals surface area contributed by atoms with Crippen molar-refractivity contribution in [3.8, 4) is 0 Å². The minimum Gasteiger partial charge on any atom is -0.376 e. The number of thioether (sulfide) groups is 1. The topological polar surface area (TPSA) is 95.7 Å². The van der Waals surface area contributed by atoms with Crippen LogP contribution in [0.4, 0.5) is 11.4 Å². The van der Waals surface area contributed by atoms with E-state index in [4.69, 9.17) is 0 Å². The van der Waals surface area contributed by atoms with Crippen LogP contribution in [0, 0.1) is 10.1 Å². The van der Waals surface area contributed by atoms with Gasteiger partial charge in [-0.2, -0.15) is 0 Å². The summed E-state index contributed by atoms with van der Waals surface area (Å²) in [6.45, 7) is 0.833. The molecule has 2 rings (SSSR count). The van der Waals surface area contributed by atoms with Gasteiger partial charge in [0.2, 0.25) is 0 Å². The van der Waals surface area contributed by atoms with E-state index in [2.05, 4.69) is 10.2 Å². The van der Waals surface area contributed by atoms with Crippen molar-refractivity contribution < 1.29 is 13.7 Å². The van der Waals surface area contributed by atoms with Crippen LogP contribution in [-0.4, -0.2) is 51.0 Å². The molecule has 0 bridgehead atoms. The van der Waals surface area contributed by atoms with E-state index < -0.39 is 16.0 Å². The number of nitro benzene ring substituents is 1. The number of nitrogens with zero attached hydrogens (tertiary/aromatic N) is 2. The standard InChI is InChI=1S/C18H23N3O4S2/c1-20(2)11-10-14(13-26-15-6-4-3-5-7-15)19-17-9-8-16(27(24)25)12-18(17)21(22)23/h3-9,12,14,19H,10-11,13H2,1-2H3,(H,24,25). The molecule has 0 aliphatic carbocycles. The molecule has 0 aromatic heterocycles. The molecule has 2 N–H and O–H groups in total. The molecule has 7 nitrogen and oxygen atoms in total. The average molecular weight is 410 g/mol. The van der Waals surface area contributed by atoms with E-state index in [1.54, 1.807) is 11.8 Å². The van der Waals surface area contributed by atoms with E-state index in [-0.39, 0.29) is 16.6 Å². The zero-order chi connectivity index (χ0) is 19.8. The van der Waals surface area contributed by atoms with Gasteiger partial charge >= 0.3 is 0 Å². The second-order valence-electron chi connectivity index (χ2n) is 6.24. The molecule has 2 atom stereocenters. The first-order valence-electron chi connectivity index (χ1n) is 8.35. The van der Waals surface area contributed by atoms with Crippen molar-refractivity contribution >= 4 is 34.2 Å². The number of hydrogen-bond donors (Lipinski definition) is 2. The molecule has 0 radical (unpaired) electrons. The number of nitrogens with one attached hydrogen (secondary N) is 1. The largest absolute Gasteiger partial charge is 0.376 e. The van der Waals surface area contributed by atoms with Crippen molar-refractivity contribution in [1.82, 2.24) is 4.90 Å². The highest BCUT2D eigenvalue weighted by Gasteiger charge is 2.20. The Morgan fingerprint density at radius 2 is 1.96 bits per heavy atom. The molecule has 9 heteroatoms. The quantitative estimate of drug-likeness (QED) is 0.267. The summed E-state index contributed by atoms with van der Waals surface area (Å²) in [5.41, 5.74) is 0.154. The van der Waals surface area contributed by atoms with Gasteiger partial charge in [-0.1, -0.05) is 18.2 Å². The van der Waals surface area contributed by atoms with E-state index in [0.717, 1.165) is 29.7 Å². The fourth-order valence-electron chi connectivity index (χ4n) is 2.44. The Bertz CT molecular complexity index is 787. The smallest absolute Gasteiger partial charge is 0.293 e. The van der Waals surface area contributed by atoms with Gasteiger partial charge in [-0.15, -0.1) is 11.8 Å². The first-order chi connectivity index (χ1) is 12.9. The molecule has 0 aliphatic heterocycles. The number of rotatable bonds is 10. The summed E-state index contributed by atoms with van der Waals surface area (Å²) < 4.78 is 20.4. The molecule has 0 heterocycles. The van der Waals surface area contributed by atoms with Crippen LogP contribution in [0.3, 0.4) is 0 Å². The van der Waals surface area contributed by atoms with Crippen molar-refractivity contribution in [1.29, 1.82) is 0 Å². The predicted octanol–water partition coefficient (Wildman–Crippen LogP) is 3.70. The van der Waals surface area contributed by atoms with Crippen LogP contribution >= 0.6 is 11.8 Å². The number of hydrogen-bond acceptors (Lipinski definition) is 6. The molecule has 2 aromatic rings. The third kappa shape index (κ3) is 6.94. The van der Waals surface area contributed by atoms with Crippen molar-refractivity contribution in [3.05, 3.63) is 58.6 Å². The molecule has 0 spiro atoms. The van der Waals surface area contributed by atoms with Crippen LogP contribution in [0.25, 0.3) is 0 Å². The minimum atomic E-state index is -2.26. The van der Waals surface area contributed by atoms with E-state index >= 15 is 0 Å². The highest BCUT2D eigenvalue weighted by atomic mass is 32.2. The van der Waals surface area contributed by atoms with E-state index in [9.17, 15) is 18.9 Å². The molecule has 0 saturated heterocycles. The second-order valence-corrected chi connectivity index (χ2v) is 8.31. The average Bonchev–Trinajstić information content (AvgIpc) is 2.64. The van der Waals surface area contributed by atoms with Crippen LogP contribution in [0.15, 0.2) is 58.3 Å². The fourth-order valence-corrected chi connectivity index (χ4v) is 3.83. The van der Waals surface area contributed by atoms with Crippen molar-refractivity contribution in [2.75, 3.05) is 31.7 Å². The fraction of sp³-hybridized carbons (Fsp3) is 0.333. The van der Waals surface area contributed by atoms with Gasteiger partial charge in [-0.25, -0.2) is 4.21 Å². The molecule has 27 heavy (non-hydrogen) atoms. The third-order valence-electron chi connectivity index (χ3n) is 3.85. The van der Waals surface area contributed by atoms with E-state index in [1.807, 2.05) is 44.4 Å². The van der Waals surface area contributed by atoms with Gasteiger partial charge in [0, 0.05) is 22.8 Å². The first-order valence-corrected chi connectivity index (χ1v) is 10.4. The van der Waals surface area contributed by atoms with Crippen LogP contribution < -0.4 is 5.32 Å². The van der Waals surface area contributed by atoms with Crippen LogP contribution in [0.1, 0.15) is 6.42 Å². The van der Waals surface area contributed by atoms with Crippen molar-refractivity contribution in [2.24, 2.45) is 0 Å². The molecular weight excluding hydrogens is 386 g/mol. The van der Waals surface area contributed by atoms with Crippen LogP contribution in [0.5, 0.6) is 0 Å². The summed E-state index contributed by atoms with van der Waals surface area (Å²) in [5, 5.41) is 14.6. The van der Waals surface area contributed by atoms with E-state index in [1.165, 1.54) is 12.1 Å². The van der Waals surface area contributed by atoms with Crippen molar-refractivity contribution in [2.45, 2.75) is 22.3 Å². The maximum atomic E-state index is 11.4. The summed E-state index contributed by atoms with van der Waals surface area (Å²) >= 11 is -0.575. The number of nitro groups is 1. The van der Waals surface area contributed by atoms with Gasteiger partial charge in [0.15, 0.2) is 11.1 Å². The Labute approximate surface area is 165 Å². The lowest BCUT2D eigenvalue weighted by atomic mass is 10.2. The molecule has 0 saturated carbocycles. The lowest BCUT2D eigenvalue weighted by Gasteiger charge is -2.21. The van der Waals surface area contributed by atoms with Gasteiger partial charge in [0.1, 0.15) is 5.69 Å².